The predicted octanol–water partition coefficient (Wildman–Crippen LogP) is 1.24. The third kappa shape index (κ3) is 4.33. The molecule has 0 amide bonds. The van der Waals surface area contributed by atoms with E-state index in [0.29, 0.717) is 0 Å². The summed E-state index contributed by atoms with van der Waals surface area (Å²) in [6.07, 6.45) is 3.24. The van der Waals surface area contributed by atoms with Gasteiger partial charge in [-0.15, -0.1) is 0 Å². The lowest BCUT2D eigenvalue weighted by atomic mass is 10.3. The maximum absolute atomic E-state index is 11.2. The fourth-order valence-electron chi connectivity index (χ4n) is 1.49. The highest BCUT2D eigenvalue weighted by Crippen LogP contribution is 2.11. The van der Waals surface area contributed by atoms with Crippen LogP contribution in [0.3, 0.4) is 0 Å². The average Bonchev–Trinajstić information content (AvgIpc) is 2.62. The SMILES string of the molecule is CCCc1nc(S(N)(=O)=O)cn1CCSCC. The molecule has 0 aliphatic carbocycles. The summed E-state index contributed by atoms with van der Waals surface area (Å²) >= 11 is 1.82. The van der Waals surface area contributed by atoms with Gasteiger partial charge in [0.15, 0.2) is 5.03 Å². The van der Waals surface area contributed by atoms with Crippen LogP contribution in [-0.4, -0.2) is 29.5 Å². The van der Waals surface area contributed by atoms with Crippen molar-refractivity contribution in [3.8, 4) is 0 Å². The number of hydrogen-bond donors (Lipinski definition) is 1. The standard InChI is InChI=1S/C10H19N3O2S2/c1-3-5-9-12-10(17(11,14)15)8-13(9)6-7-16-4-2/h8H,3-7H2,1-2H3,(H2,11,14,15). The number of thioether (sulfide) groups is 1. The molecular weight excluding hydrogens is 258 g/mol. The highest BCUT2D eigenvalue weighted by Gasteiger charge is 2.15. The average molecular weight is 277 g/mol. The second kappa shape index (κ2) is 6.42. The fraction of sp³-hybridized carbons (Fsp3) is 0.700. The van der Waals surface area contributed by atoms with Gasteiger partial charge in [-0.1, -0.05) is 13.8 Å². The summed E-state index contributed by atoms with van der Waals surface area (Å²) in [5.41, 5.74) is 0. The number of nitrogens with zero attached hydrogens (tertiary/aromatic N) is 2. The van der Waals surface area contributed by atoms with Crippen molar-refractivity contribution in [1.29, 1.82) is 0 Å². The summed E-state index contributed by atoms with van der Waals surface area (Å²) in [5, 5.41) is 5.06. The van der Waals surface area contributed by atoms with Crippen LogP contribution in [0.5, 0.6) is 0 Å². The molecule has 0 radical (unpaired) electrons. The van der Waals surface area contributed by atoms with Crippen LogP contribution < -0.4 is 5.14 Å². The summed E-state index contributed by atoms with van der Waals surface area (Å²) < 4.78 is 24.4. The van der Waals surface area contributed by atoms with Gasteiger partial charge in [-0.25, -0.2) is 18.5 Å². The first kappa shape index (κ1) is 14.5. The molecule has 0 bridgehead atoms. The molecule has 98 valence electrons. The Morgan fingerprint density at radius 1 is 1.47 bits per heavy atom. The van der Waals surface area contributed by atoms with Crippen LogP contribution in [0.25, 0.3) is 0 Å². The number of hydrogen-bond acceptors (Lipinski definition) is 4. The fourth-order valence-corrected chi connectivity index (χ4v) is 2.61. The predicted molar refractivity (Wildman–Crippen MR) is 70.6 cm³/mol. The first-order valence-electron chi connectivity index (χ1n) is 5.65. The molecule has 0 fully saturated rings. The molecule has 0 spiro atoms. The van der Waals surface area contributed by atoms with E-state index in [4.69, 9.17) is 5.14 Å². The summed E-state index contributed by atoms with van der Waals surface area (Å²) in [4.78, 5) is 4.09. The van der Waals surface area contributed by atoms with Gasteiger partial charge in [0.2, 0.25) is 0 Å². The van der Waals surface area contributed by atoms with E-state index in [1.54, 1.807) is 0 Å². The number of nitrogens with two attached hydrogens (primary N) is 1. The quantitative estimate of drug-likeness (QED) is 0.761. The molecule has 5 nitrogen and oxygen atoms in total. The minimum absolute atomic E-state index is 0.0255. The zero-order valence-electron chi connectivity index (χ0n) is 10.2. The topological polar surface area (TPSA) is 78.0 Å². The van der Waals surface area contributed by atoms with Gasteiger partial charge in [0.1, 0.15) is 5.82 Å². The van der Waals surface area contributed by atoms with Gasteiger partial charge in [-0.3, -0.25) is 0 Å². The molecular formula is C10H19N3O2S2. The molecule has 0 saturated heterocycles. The van der Waals surface area contributed by atoms with Gasteiger partial charge in [-0.2, -0.15) is 11.8 Å². The lowest BCUT2D eigenvalue weighted by Crippen LogP contribution is -2.12. The first-order valence-corrected chi connectivity index (χ1v) is 8.35. The van der Waals surface area contributed by atoms with Crippen molar-refractivity contribution in [3.63, 3.8) is 0 Å². The van der Waals surface area contributed by atoms with Crippen LogP contribution in [0.1, 0.15) is 26.1 Å². The van der Waals surface area contributed by atoms with Gasteiger partial charge >= 0.3 is 0 Å². The molecule has 7 heteroatoms. The Labute approximate surface area is 107 Å². The summed E-state index contributed by atoms with van der Waals surface area (Å²) in [6.45, 7) is 4.91. The normalized spacial score (nSPS) is 11.9. The lowest BCUT2D eigenvalue weighted by molar-refractivity contribution is 0.594. The third-order valence-electron chi connectivity index (χ3n) is 2.28. The number of primary sulfonamides is 1. The molecule has 2 N–H and O–H groups in total. The van der Waals surface area contributed by atoms with E-state index in [2.05, 4.69) is 11.9 Å². The Hall–Kier alpha value is -0.530. The Morgan fingerprint density at radius 2 is 2.18 bits per heavy atom. The van der Waals surface area contributed by atoms with Crippen LogP contribution in [-0.2, 0) is 23.0 Å². The molecule has 17 heavy (non-hydrogen) atoms. The number of rotatable bonds is 7. The zero-order valence-corrected chi connectivity index (χ0v) is 11.9. The Balaban J connectivity index is 2.89. The summed E-state index contributed by atoms with van der Waals surface area (Å²) in [7, 11) is -3.69. The van der Waals surface area contributed by atoms with Crippen molar-refractivity contribution in [2.75, 3.05) is 11.5 Å². The number of aromatic nitrogens is 2. The Morgan fingerprint density at radius 3 is 2.71 bits per heavy atom. The monoisotopic (exact) mass is 277 g/mol. The first-order chi connectivity index (χ1) is 7.99. The molecule has 0 atom stereocenters. The summed E-state index contributed by atoms with van der Waals surface area (Å²) in [6, 6.07) is 0. The van der Waals surface area contributed by atoms with Crippen molar-refractivity contribution < 1.29 is 8.42 Å². The van der Waals surface area contributed by atoms with Crippen molar-refractivity contribution in [2.45, 2.75) is 38.3 Å². The maximum atomic E-state index is 11.2. The van der Waals surface area contributed by atoms with Crippen LogP contribution >= 0.6 is 11.8 Å². The van der Waals surface area contributed by atoms with E-state index in [0.717, 1.165) is 36.7 Å². The van der Waals surface area contributed by atoms with E-state index in [-0.39, 0.29) is 5.03 Å². The lowest BCUT2D eigenvalue weighted by Gasteiger charge is -2.05. The highest BCUT2D eigenvalue weighted by molar-refractivity contribution is 7.99. The van der Waals surface area contributed by atoms with E-state index >= 15 is 0 Å². The van der Waals surface area contributed by atoms with Crippen LogP contribution in [0.4, 0.5) is 0 Å². The van der Waals surface area contributed by atoms with Gasteiger partial charge in [0.05, 0.1) is 0 Å². The third-order valence-corrected chi connectivity index (χ3v) is 3.94. The highest BCUT2D eigenvalue weighted by atomic mass is 32.2. The van der Waals surface area contributed by atoms with E-state index in [1.165, 1.54) is 6.20 Å². The molecule has 0 aliphatic rings. The number of sulfonamides is 1. The largest absolute Gasteiger partial charge is 0.333 e. The molecule has 0 unspecified atom stereocenters. The van der Waals surface area contributed by atoms with Crippen molar-refractivity contribution in [3.05, 3.63) is 12.0 Å². The molecule has 0 saturated carbocycles. The van der Waals surface area contributed by atoms with Crippen LogP contribution in [0.15, 0.2) is 11.2 Å². The molecule has 1 heterocycles. The van der Waals surface area contributed by atoms with Gasteiger partial charge in [0, 0.05) is 24.9 Å². The van der Waals surface area contributed by atoms with Gasteiger partial charge < -0.3 is 4.57 Å². The van der Waals surface area contributed by atoms with Gasteiger partial charge in [0.25, 0.3) is 10.0 Å². The van der Waals surface area contributed by atoms with Crippen molar-refractivity contribution in [1.82, 2.24) is 9.55 Å². The Bertz CT molecular complexity index is 454. The van der Waals surface area contributed by atoms with E-state index in [1.807, 2.05) is 23.3 Å². The van der Waals surface area contributed by atoms with E-state index in [9.17, 15) is 8.42 Å². The smallest absolute Gasteiger partial charge is 0.257 e. The van der Waals surface area contributed by atoms with Crippen LogP contribution in [0, 0.1) is 0 Å². The van der Waals surface area contributed by atoms with Crippen molar-refractivity contribution in [2.24, 2.45) is 5.14 Å². The second-order valence-electron chi connectivity index (χ2n) is 3.68. The number of aryl methyl sites for hydroxylation is 2. The molecule has 1 aromatic heterocycles. The minimum atomic E-state index is -3.69. The molecule has 0 aliphatic heterocycles. The minimum Gasteiger partial charge on any atom is -0.333 e. The zero-order chi connectivity index (χ0) is 12.9. The molecule has 1 rings (SSSR count). The van der Waals surface area contributed by atoms with Gasteiger partial charge in [-0.05, 0) is 12.2 Å². The second-order valence-corrected chi connectivity index (χ2v) is 6.58. The van der Waals surface area contributed by atoms with E-state index < -0.39 is 10.0 Å². The molecule has 1 aromatic rings. The maximum Gasteiger partial charge on any atom is 0.257 e. The van der Waals surface area contributed by atoms with Crippen LogP contribution in [0.2, 0.25) is 0 Å². The number of imidazole rings is 1. The van der Waals surface area contributed by atoms with Crippen molar-refractivity contribution >= 4 is 21.8 Å². The summed E-state index contributed by atoms with van der Waals surface area (Å²) in [5.74, 6) is 2.81. The molecule has 0 aromatic carbocycles. The Kier molecular flexibility index (Phi) is 5.48.